The van der Waals surface area contributed by atoms with Gasteiger partial charge in [-0.15, -0.1) is 0 Å². The quantitative estimate of drug-likeness (QED) is 0.511. The van der Waals surface area contributed by atoms with Crippen LogP contribution in [0.25, 0.3) is 0 Å². The fraction of sp³-hybridized carbons (Fsp3) is 0.560. The minimum atomic E-state index is -0.623. The van der Waals surface area contributed by atoms with Crippen molar-refractivity contribution < 1.29 is 19.1 Å². The Morgan fingerprint density at radius 3 is 2.42 bits per heavy atom. The summed E-state index contributed by atoms with van der Waals surface area (Å²) in [5.74, 6) is -0.442. The molecule has 33 heavy (non-hydrogen) atoms. The van der Waals surface area contributed by atoms with Gasteiger partial charge in [0.15, 0.2) is 0 Å². The van der Waals surface area contributed by atoms with Crippen molar-refractivity contribution in [3.05, 3.63) is 41.1 Å². The van der Waals surface area contributed by atoms with Gasteiger partial charge in [0.1, 0.15) is 0 Å². The van der Waals surface area contributed by atoms with E-state index in [1.165, 1.54) is 6.42 Å². The third-order valence-corrected chi connectivity index (χ3v) is 6.05. The number of allylic oxidation sites excluding steroid dienone is 1. The molecular weight excluding hydrogens is 420 g/mol. The van der Waals surface area contributed by atoms with Crippen LogP contribution in [-0.2, 0) is 9.53 Å². The van der Waals surface area contributed by atoms with E-state index in [1.807, 2.05) is 19.1 Å². The molecule has 180 valence electrons. The highest BCUT2D eigenvalue weighted by Gasteiger charge is 2.36. The second-order valence-corrected chi connectivity index (χ2v) is 9.04. The number of hydrogen-bond donors (Lipinski definition) is 3. The molecule has 4 amide bonds. The fourth-order valence-electron chi connectivity index (χ4n) is 4.42. The van der Waals surface area contributed by atoms with Crippen LogP contribution in [0.5, 0.6) is 0 Å². The number of rotatable bonds is 7. The van der Waals surface area contributed by atoms with Gasteiger partial charge in [-0.05, 0) is 57.7 Å². The molecule has 0 saturated heterocycles. The first-order valence-corrected chi connectivity index (χ1v) is 12.0. The lowest BCUT2D eigenvalue weighted by Crippen LogP contribution is -2.48. The van der Waals surface area contributed by atoms with E-state index >= 15 is 0 Å². The molecule has 1 aliphatic carbocycles. The normalized spacial score (nSPS) is 19.4. The second-order valence-electron chi connectivity index (χ2n) is 9.04. The minimum Gasteiger partial charge on any atom is -0.459 e. The summed E-state index contributed by atoms with van der Waals surface area (Å²) >= 11 is 0. The van der Waals surface area contributed by atoms with Crippen LogP contribution in [0.15, 0.2) is 35.5 Å². The van der Waals surface area contributed by atoms with Crippen molar-refractivity contribution in [2.75, 3.05) is 11.9 Å². The number of urea groups is 2. The number of anilines is 1. The van der Waals surface area contributed by atoms with Crippen molar-refractivity contribution >= 4 is 23.7 Å². The van der Waals surface area contributed by atoms with Gasteiger partial charge in [-0.1, -0.05) is 38.3 Å². The number of esters is 1. The molecular formula is C25H36N4O4. The van der Waals surface area contributed by atoms with Crippen LogP contribution in [0.3, 0.4) is 0 Å². The molecule has 1 heterocycles. The van der Waals surface area contributed by atoms with Gasteiger partial charge in [-0.25, -0.2) is 14.4 Å². The van der Waals surface area contributed by atoms with E-state index in [9.17, 15) is 14.4 Å². The largest absolute Gasteiger partial charge is 0.459 e. The summed E-state index contributed by atoms with van der Waals surface area (Å²) < 4.78 is 5.48. The van der Waals surface area contributed by atoms with E-state index in [2.05, 4.69) is 16.0 Å². The zero-order valence-electron chi connectivity index (χ0n) is 20.1. The topological polar surface area (TPSA) is 99.8 Å². The first-order valence-electron chi connectivity index (χ1n) is 12.0. The maximum absolute atomic E-state index is 12.9. The van der Waals surface area contributed by atoms with Crippen LogP contribution in [-0.4, -0.2) is 41.6 Å². The molecule has 1 aromatic carbocycles. The van der Waals surface area contributed by atoms with Crippen molar-refractivity contribution in [2.24, 2.45) is 0 Å². The Morgan fingerprint density at radius 1 is 1.15 bits per heavy atom. The number of nitrogens with one attached hydrogen (secondary N) is 3. The Kier molecular flexibility index (Phi) is 8.36. The molecule has 3 N–H and O–H groups in total. The monoisotopic (exact) mass is 456 g/mol. The number of carbonyl (C=O) groups is 3. The summed E-state index contributed by atoms with van der Waals surface area (Å²) in [7, 11) is 0. The molecule has 0 aromatic heterocycles. The van der Waals surface area contributed by atoms with Gasteiger partial charge in [0.2, 0.25) is 0 Å². The van der Waals surface area contributed by atoms with E-state index in [1.54, 1.807) is 37.8 Å². The van der Waals surface area contributed by atoms with Crippen molar-refractivity contribution in [3.63, 3.8) is 0 Å². The van der Waals surface area contributed by atoms with Gasteiger partial charge < -0.3 is 20.7 Å². The van der Waals surface area contributed by atoms with Crippen LogP contribution in [0.1, 0.15) is 77.8 Å². The lowest BCUT2D eigenvalue weighted by Gasteiger charge is -2.35. The lowest BCUT2D eigenvalue weighted by atomic mass is 9.94. The van der Waals surface area contributed by atoms with E-state index in [0.29, 0.717) is 23.5 Å². The maximum Gasteiger partial charge on any atom is 0.338 e. The van der Waals surface area contributed by atoms with Crippen molar-refractivity contribution in [1.29, 1.82) is 0 Å². The zero-order chi connectivity index (χ0) is 24.0. The number of benzene rings is 1. The Hall–Kier alpha value is -3.03. The highest BCUT2D eigenvalue weighted by atomic mass is 16.5. The molecule has 1 fully saturated rings. The average Bonchev–Trinajstić information content (AvgIpc) is 2.77. The average molecular weight is 457 g/mol. The Morgan fingerprint density at radius 2 is 1.82 bits per heavy atom. The molecule has 8 nitrogen and oxygen atoms in total. The Bertz CT molecular complexity index is 888. The summed E-state index contributed by atoms with van der Waals surface area (Å²) in [6, 6.07) is 6.33. The lowest BCUT2D eigenvalue weighted by molar-refractivity contribution is -0.143. The highest BCUT2D eigenvalue weighted by molar-refractivity contribution is 5.95. The highest BCUT2D eigenvalue weighted by Crippen LogP contribution is 2.32. The van der Waals surface area contributed by atoms with Gasteiger partial charge >= 0.3 is 18.0 Å². The number of ether oxygens (including phenoxy) is 1. The minimum absolute atomic E-state index is 0.215. The molecule has 2 aliphatic rings. The second kappa shape index (κ2) is 11.2. The van der Waals surface area contributed by atoms with Gasteiger partial charge in [0.05, 0.1) is 17.7 Å². The summed E-state index contributed by atoms with van der Waals surface area (Å²) in [6.07, 6.45) is 6.06. The van der Waals surface area contributed by atoms with Crippen LogP contribution in [0.2, 0.25) is 0 Å². The van der Waals surface area contributed by atoms with E-state index < -0.39 is 12.0 Å². The molecule has 0 bridgehead atoms. The van der Waals surface area contributed by atoms with Gasteiger partial charge in [-0.2, -0.15) is 0 Å². The third-order valence-electron chi connectivity index (χ3n) is 6.05. The fourth-order valence-corrected chi connectivity index (χ4v) is 4.42. The summed E-state index contributed by atoms with van der Waals surface area (Å²) in [5.41, 5.74) is 2.42. The summed E-state index contributed by atoms with van der Waals surface area (Å²) in [5, 5.41) is 8.85. The molecule has 1 aliphatic heterocycles. The van der Waals surface area contributed by atoms with Crippen LogP contribution in [0.4, 0.5) is 15.3 Å². The smallest absolute Gasteiger partial charge is 0.338 e. The molecule has 0 spiro atoms. The first-order chi connectivity index (χ1) is 15.8. The maximum atomic E-state index is 12.9. The first kappa shape index (κ1) is 24.6. The summed E-state index contributed by atoms with van der Waals surface area (Å²) in [4.78, 5) is 39.6. The van der Waals surface area contributed by atoms with Gasteiger partial charge in [0, 0.05) is 24.0 Å². The Labute approximate surface area is 196 Å². The standard InChI is InChI=1S/C25H36N4O4/c1-5-15-29-17(4)21(23(30)33-16(2)3)22(28-25(29)32)18-11-13-20(14-12-18)27-24(31)26-19-9-7-6-8-10-19/h11-14,16,19,22H,5-10,15H2,1-4H3,(H,28,32)(H2,26,27,31). The van der Waals surface area contributed by atoms with Crippen molar-refractivity contribution in [2.45, 2.75) is 84.4 Å². The van der Waals surface area contributed by atoms with Gasteiger partial charge in [0.25, 0.3) is 0 Å². The van der Waals surface area contributed by atoms with Crippen molar-refractivity contribution in [1.82, 2.24) is 15.5 Å². The van der Waals surface area contributed by atoms with Gasteiger partial charge in [-0.3, -0.25) is 4.90 Å². The van der Waals surface area contributed by atoms with E-state index in [-0.39, 0.29) is 24.2 Å². The van der Waals surface area contributed by atoms with E-state index in [0.717, 1.165) is 37.7 Å². The molecule has 3 rings (SSSR count). The molecule has 8 heteroatoms. The van der Waals surface area contributed by atoms with Crippen LogP contribution in [0, 0.1) is 0 Å². The predicted molar refractivity (Wildman–Crippen MR) is 128 cm³/mol. The molecule has 0 radical (unpaired) electrons. The zero-order valence-corrected chi connectivity index (χ0v) is 20.1. The number of carbonyl (C=O) groups excluding carboxylic acids is 3. The molecule has 1 aromatic rings. The van der Waals surface area contributed by atoms with Crippen molar-refractivity contribution in [3.8, 4) is 0 Å². The third kappa shape index (κ3) is 6.27. The number of nitrogens with zero attached hydrogens (tertiary/aromatic N) is 1. The number of hydrogen-bond acceptors (Lipinski definition) is 4. The van der Waals surface area contributed by atoms with Crippen LogP contribution >= 0.6 is 0 Å². The molecule has 1 atom stereocenters. The van der Waals surface area contributed by atoms with E-state index in [4.69, 9.17) is 4.74 Å². The Balaban J connectivity index is 1.77. The SMILES string of the molecule is CCCN1C(=O)NC(c2ccc(NC(=O)NC3CCCCC3)cc2)C(C(=O)OC(C)C)=C1C. The van der Waals surface area contributed by atoms with Crippen LogP contribution < -0.4 is 16.0 Å². The predicted octanol–water partition coefficient (Wildman–Crippen LogP) is 4.84. The molecule has 1 unspecified atom stereocenters. The number of amides is 4. The summed E-state index contributed by atoms with van der Waals surface area (Å²) in [6.45, 7) is 7.88. The molecule has 1 saturated carbocycles.